The van der Waals surface area contributed by atoms with E-state index < -0.39 is 6.10 Å². The quantitative estimate of drug-likeness (QED) is 0.0344. The van der Waals surface area contributed by atoms with Gasteiger partial charge in [-0.2, -0.15) is 0 Å². The van der Waals surface area contributed by atoms with Crippen molar-refractivity contribution >= 4 is 17.9 Å². The minimum absolute atomic E-state index is 0.0266. The topological polar surface area (TPSA) is 78.9 Å². The van der Waals surface area contributed by atoms with Crippen molar-refractivity contribution in [2.75, 3.05) is 13.2 Å². The van der Waals surface area contributed by atoms with Crippen LogP contribution in [0.5, 0.6) is 0 Å². The number of carbonyl (C=O) groups is 3. The molecule has 0 aliphatic carbocycles. The molecule has 0 heterocycles. The predicted molar refractivity (Wildman–Crippen MR) is 275 cm³/mol. The van der Waals surface area contributed by atoms with Crippen LogP contribution in [0.1, 0.15) is 335 Å². The summed E-state index contributed by atoms with van der Waals surface area (Å²) in [5, 5.41) is 0. The lowest BCUT2D eigenvalue weighted by atomic mass is 10.0. The first-order valence-electron chi connectivity index (χ1n) is 29.0. The minimum atomic E-state index is -0.590. The van der Waals surface area contributed by atoms with E-state index in [-0.39, 0.29) is 31.1 Å². The third-order valence-electron chi connectivity index (χ3n) is 13.4. The van der Waals surface area contributed by atoms with Gasteiger partial charge in [0.1, 0.15) is 12.7 Å². The van der Waals surface area contributed by atoms with Crippen LogP contribution in [0.15, 0.2) is 0 Å². The number of hydrogen-bond acceptors (Lipinski definition) is 6. The van der Waals surface area contributed by atoms with E-state index in [0.717, 1.165) is 51.4 Å². The lowest BCUT2D eigenvalue weighted by Crippen LogP contribution is -2.27. The van der Waals surface area contributed by atoms with Crippen molar-refractivity contribution in [3.05, 3.63) is 0 Å². The summed E-state index contributed by atoms with van der Waals surface area (Å²) in [6.45, 7) is 7.03. The van der Waals surface area contributed by atoms with Gasteiger partial charge in [-0.05, 0) is 19.3 Å². The first-order chi connectivity index (χ1) is 31.5. The van der Waals surface area contributed by atoms with E-state index in [4.69, 9.17) is 14.2 Å². The van der Waals surface area contributed by atoms with Crippen molar-refractivity contribution in [1.29, 1.82) is 0 Å². The van der Waals surface area contributed by atoms with Gasteiger partial charge in [0.25, 0.3) is 0 Å². The summed E-state index contributed by atoms with van der Waals surface area (Å²) in [6.07, 6.45) is 59.0. The Morgan fingerprint density at radius 1 is 0.281 bits per heavy atom. The number of carbonyl (C=O) groups excluding carboxylic acids is 3. The fourth-order valence-electron chi connectivity index (χ4n) is 8.98. The molecule has 0 aromatic rings. The minimum Gasteiger partial charge on any atom is -0.466 e. The summed E-state index contributed by atoms with van der Waals surface area (Å²) in [6, 6.07) is 0. The van der Waals surface area contributed by atoms with E-state index in [1.54, 1.807) is 0 Å². The molecule has 6 nitrogen and oxygen atoms in total. The zero-order valence-corrected chi connectivity index (χ0v) is 43.6. The van der Waals surface area contributed by atoms with Crippen LogP contribution in [-0.2, 0) is 28.6 Å². The average molecular weight is 906 g/mol. The van der Waals surface area contributed by atoms with Gasteiger partial charge in [0, 0.05) is 25.7 Å². The van der Waals surface area contributed by atoms with E-state index >= 15 is 0 Å². The Morgan fingerprint density at radius 3 is 0.766 bits per heavy atom. The molecule has 1 unspecified atom stereocenters. The van der Waals surface area contributed by atoms with E-state index in [2.05, 4.69) is 20.8 Å². The highest BCUT2D eigenvalue weighted by atomic mass is 16.6. The molecule has 0 aromatic carbocycles. The van der Waals surface area contributed by atoms with Crippen molar-refractivity contribution in [1.82, 2.24) is 0 Å². The second-order valence-corrected chi connectivity index (χ2v) is 19.9. The third-order valence-corrected chi connectivity index (χ3v) is 13.4. The molecule has 0 saturated carbocycles. The predicted octanol–water partition coefficient (Wildman–Crippen LogP) is 19.2. The van der Waals surface area contributed by atoms with Gasteiger partial charge in [-0.25, -0.2) is 0 Å². The molecule has 0 aliphatic heterocycles. The Kier molecular flexibility index (Phi) is 52.7. The van der Waals surface area contributed by atoms with E-state index in [1.807, 2.05) is 0 Å². The largest absolute Gasteiger partial charge is 0.466 e. The highest BCUT2D eigenvalue weighted by Gasteiger charge is 2.18. The molecule has 0 spiro atoms. The van der Waals surface area contributed by atoms with Crippen molar-refractivity contribution in [2.45, 2.75) is 341 Å². The maximum atomic E-state index is 12.9. The Bertz CT molecular complexity index is 951. The average Bonchev–Trinajstić information content (AvgIpc) is 3.29. The van der Waals surface area contributed by atoms with Gasteiger partial charge in [-0.1, -0.05) is 290 Å². The maximum Gasteiger partial charge on any atom is 0.306 e. The smallest absolute Gasteiger partial charge is 0.306 e. The molecule has 64 heavy (non-hydrogen) atoms. The third kappa shape index (κ3) is 51.4. The molecule has 0 aliphatic rings. The van der Waals surface area contributed by atoms with Crippen molar-refractivity contribution in [3.8, 4) is 0 Å². The summed E-state index contributed by atoms with van der Waals surface area (Å²) in [5.41, 5.74) is 0. The summed E-state index contributed by atoms with van der Waals surface area (Å²) in [5.74, 6) is -0.673. The number of esters is 3. The van der Waals surface area contributed by atoms with Crippen LogP contribution in [0.3, 0.4) is 0 Å². The molecule has 0 radical (unpaired) electrons. The molecule has 1 atom stereocenters. The summed E-state index contributed by atoms with van der Waals surface area (Å²) in [7, 11) is 0. The van der Waals surface area contributed by atoms with Gasteiger partial charge in [-0.3, -0.25) is 14.4 Å². The normalized spacial score (nSPS) is 11.9. The van der Waals surface area contributed by atoms with Gasteiger partial charge in [-0.15, -0.1) is 0 Å². The van der Waals surface area contributed by atoms with Crippen molar-refractivity contribution in [3.63, 3.8) is 0 Å². The zero-order valence-electron chi connectivity index (χ0n) is 43.6. The van der Waals surface area contributed by atoms with E-state index in [0.29, 0.717) is 25.7 Å². The second kappa shape index (κ2) is 54.0. The molecule has 0 fully saturated rings. The van der Waals surface area contributed by atoms with Crippen LogP contribution in [-0.4, -0.2) is 37.2 Å². The fraction of sp³-hybridized carbons (Fsp3) is 0.948. The molecule has 380 valence electrons. The Labute approximate surface area is 399 Å². The van der Waals surface area contributed by atoms with Gasteiger partial charge >= 0.3 is 17.9 Å². The molecule has 0 rings (SSSR count). The molecule has 0 aromatic heterocycles. The monoisotopic (exact) mass is 905 g/mol. The van der Waals surface area contributed by atoms with Crippen LogP contribution in [0.2, 0.25) is 0 Å². The summed E-state index contributed by atoms with van der Waals surface area (Å²) < 4.78 is 17.0. The Morgan fingerprint density at radius 2 is 0.500 bits per heavy atom. The van der Waals surface area contributed by atoms with E-state index in [9.17, 15) is 14.4 Å². The van der Waals surface area contributed by atoms with Crippen LogP contribution < -0.4 is 0 Å². The zero-order chi connectivity index (χ0) is 46.5. The second-order valence-electron chi connectivity index (χ2n) is 19.9. The first kappa shape index (κ1) is 62.4. The standard InChI is InChI=1S/C58H112O6/c1-4-7-10-13-16-19-22-25-28-31-34-37-40-43-46-49-56(59)62-53-52-55(64-58(61)51-48-45-42-39-36-33-30-27-24-21-18-15-12-9-6-3)54-63-57(60)50-47-44-41-38-35-32-29-26-23-20-17-14-11-8-5-2/h55H,4-54H2,1-3H3. The molecule has 0 amide bonds. The van der Waals surface area contributed by atoms with Crippen molar-refractivity contribution < 1.29 is 28.6 Å². The molecule has 0 saturated heterocycles. The summed E-state index contributed by atoms with van der Waals surface area (Å²) >= 11 is 0. The molecule has 6 heteroatoms. The number of ether oxygens (including phenoxy) is 3. The number of rotatable bonds is 54. The van der Waals surface area contributed by atoms with Gasteiger partial charge < -0.3 is 14.2 Å². The van der Waals surface area contributed by atoms with Crippen LogP contribution in [0.25, 0.3) is 0 Å². The van der Waals surface area contributed by atoms with Crippen LogP contribution >= 0.6 is 0 Å². The molecule has 0 N–H and O–H groups in total. The van der Waals surface area contributed by atoms with Crippen LogP contribution in [0, 0.1) is 0 Å². The van der Waals surface area contributed by atoms with Gasteiger partial charge in [0.05, 0.1) is 6.61 Å². The number of hydrogen-bond donors (Lipinski definition) is 0. The Balaban J connectivity index is 4.29. The highest BCUT2D eigenvalue weighted by Crippen LogP contribution is 2.18. The lowest BCUT2D eigenvalue weighted by molar-refractivity contribution is -0.161. The van der Waals surface area contributed by atoms with Crippen LogP contribution in [0.4, 0.5) is 0 Å². The first-order valence-corrected chi connectivity index (χ1v) is 29.0. The molecular formula is C58H112O6. The lowest BCUT2D eigenvalue weighted by Gasteiger charge is -2.18. The number of unbranched alkanes of at least 4 members (excludes halogenated alkanes) is 42. The fourth-order valence-corrected chi connectivity index (χ4v) is 8.98. The highest BCUT2D eigenvalue weighted by molar-refractivity contribution is 5.70. The SMILES string of the molecule is CCCCCCCCCCCCCCCCCC(=O)OCCC(COC(=O)CCCCCCCCCCCCCCCCC)OC(=O)CCCCCCCCCCCCCCCCC. The van der Waals surface area contributed by atoms with Crippen molar-refractivity contribution in [2.24, 2.45) is 0 Å². The summed E-state index contributed by atoms with van der Waals surface area (Å²) in [4.78, 5) is 38.0. The van der Waals surface area contributed by atoms with E-state index in [1.165, 1.54) is 238 Å². The maximum absolute atomic E-state index is 12.9. The van der Waals surface area contributed by atoms with Gasteiger partial charge in [0.2, 0.25) is 0 Å². The molecule has 0 bridgehead atoms. The molecular weight excluding hydrogens is 793 g/mol. The van der Waals surface area contributed by atoms with Gasteiger partial charge in [0.15, 0.2) is 0 Å². The Hall–Kier alpha value is -1.59.